The van der Waals surface area contributed by atoms with Gasteiger partial charge in [-0.1, -0.05) is 17.7 Å². The summed E-state index contributed by atoms with van der Waals surface area (Å²) in [7, 11) is 0. The highest BCUT2D eigenvalue weighted by atomic mass is 35.5. The first kappa shape index (κ1) is 11.7. The first-order chi connectivity index (χ1) is 7.88. The summed E-state index contributed by atoms with van der Waals surface area (Å²) in [4.78, 5) is 0. The third kappa shape index (κ3) is 3.11. The molecule has 0 unspecified atom stereocenters. The molecule has 0 radical (unpaired) electrons. The Hall–Kier alpha value is -0.770. The zero-order valence-corrected chi connectivity index (χ0v) is 10.1. The van der Waals surface area contributed by atoms with E-state index in [4.69, 9.17) is 11.6 Å². The minimum atomic E-state index is 0.835. The van der Waals surface area contributed by atoms with Crippen LogP contribution in [0.15, 0.2) is 18.2 Å². The van der Waals surface area contributed by atoms with Gasteiger partial charge in [-0.3, -0.25) is 0 Å². The number of benzene rings is 1. The van der Waals surface area contributed by atoms with Crippen LogP contribution in [0.3, 0.4) is 0 Å². The van der Waals surface area contributed by atoms with E-state index in [9.17, 15) is 0 Å². The second kappa shape index (κ2) is 6.09. The zero-order valence-electron chi connectivity index (χ0n) is 9.35. The molecule has 3 nitrogen and oxygen atoms in total. The lowest BCUT2D eigenvalue weighted by atomic mass is 10.1. The first-order valence-corrected chi connectivity index (χ1v) is 6.18. The Kier molecular flexibility index (Phi) is 4.45. The van der Waals surface area contributed by atoms with Crippen LogP contribution >= 0.6 is 11.6 Å². The number of fused-ring (bicyclic) bond motifs is 1. The lowest BCUT2D eigenvalue weighted by Crippen LogP contribution is -2.24. The third-order valence-electron chi connectivity index (χ3n) is 2.74. The molecule has 0 aliphatic carbocycles. The van der Waals surface area contributed by atoms with Crippen molar-refractivity contribution in [1.82, 2.24) is 10.6 Å². The second-order valence-corrected chi connectivity index (χ2v) is 4.38. The van der Waals surface area contributed by atoms with Crippen LogP contribution in [0.25, 0.3) is 0 Å². The standard InChI is InChI=1S/C12H18ClN3/c13-11-3-1-4-12-10(11)9-15-6-2-5-14-7-8-16-12/h1,3-4,14-16H,2,5-9H2. The Morgan fingerprint density at radius 3 is 2.81 bits per heavy atom. The molecule has 0 atom stereocenters. The van der Waals surface area contributed by atoms with Gasteiger partial charge in [0, 0.05) is 35.9 Å². The first-order valence-electron chi connectivity index (χ1n) is 5.80. The zero-order chi connectivity index (χ0) is 11.2. The molecular weight excluding hydrogens is 222 g/mol. The number of anilines is 1. The van der Waals surface area contributed by atoms with Gasteiger partial charge in [0.25, 0.3) is 0 Å². The molecule has 4 heteroatoms. The van der Waals surface area contributed by atoms with Crippen LogP contribution in [0.5, 0.6) is 0 Å². The molecule has 1 aliphatic rings. The number of rotatable bonds is 0. The summed E-state index contributed by atoms with van der Waals surface area (Å²) in [6.45, 7) is 4.86. The molecule has 1 aliphatic heterocycles. The SMILES string of the molecule is Clc1cccc2c1CNCCCNCCN2. The minimum Gasteiger partial charge on any atom is -0.383 e. The summed E-state index contributed by atoms with van der Waals surface area (Å²) >= 11 is 6.21. The molecular formula is C12H18ClN3. The third-order valence-corrected chi connectivity index (χ3v) is 3.10. The van der Waals surface area contributed by atoms with Gasteiger partial charge in [-0.05, 0) is 31.6 Å². The average molecular weight is 240 g/mol. The maximum atomic E-state index is 6.21. The summed E-state index contributed by atoms with van der Waals surface area (Å²) in [5.74, 6) is 0. The van der Waals surface area contributed by atoms with E-state index in [-0.39, 0.29) is 0 Å². The van der Waals surface area contributed by atoms with E-state index >= 15 is 0 Å². The predicted octanol–water partition coefficient (Wildman–Crippen LogP) is 1.83. The summed E-state index contributed by atoms with van der Waals surface area (Å²) < 4.78 is 0. The molecule has 0 bridgehead atoms. The molecule has 0 saturated heterocycles. The fourth-order valence-corrected chi connectivity index (χ4v) is 2.11. The van der Waals surface area contributed by atoms with E-state index in [2.05, 4.69) is 22.0 Å². The van der Waals surface area contributed by atoms with E-state index in [1.54, 1.807) is 0 Å². The van der Waals surface area contributed by atoms with Crippen LogP contribution < -0.4 is 16.0 Å². The largest absolute Gasteiger partial charge is 0.383 e. The Balaban J connectivity index is 2.14. The number of nitrogens with one attached hydrogen (secondary N) is 3. The van der Waals surface area contributed by atoms with Gasteiger partial charge in [0.2, 0.25) is 0 Å². The molecule has 0 spiro atoms. The topological polar surface area (TPSA) is 36.1 Å². The van der Waals surface area contributed by atoms with Gasteiger partial charge < -0.3 is 16.0 Å². The van der Waals surface area contributed by atoms with Crippen molar-refractivity contribution in [3.8, 4) is 0 Å². The van der Waals surface area contributed by atoms with Gasteiger partial charge in [-0.15, -0.1) is 0 Å². The average Bonchev–Trinajstić information content (AvgIpc) is 2.34. The molecule has 16 heavy (non-hydrogen) atoms. The number of hydrogen-bond donors (Lipinski definition) is 3. The maximum absolute atomic E-state index is 6.21. The van der Waals surface area contributed by atoms with Crippen molar-refractivity contribution in [1.29, 1.82) is 0 Å². The normalized spacial score (nSPS) is 18.1. The van der Waals surface area contributed by atoms with Crippen LogP contribution in [-0.4, -0.2) is 26.2 Å². The van der Waals surface area contributed by atoms with Crippen molar-refractivity contribution < 1.29 is 0 Å². The van der Waals surface area contributed by atoms with Crippen molar-refractivity contribution in [3.05, 3.63) is 28.8 Å². The molecule has 0 saturated carbocycles. The lowest BCUT2D eigenvalue weighted by molar-refractivity contribution is 0.607. The van der Waals surface area contributed by atoms with E-state index in [0.29, 0.717) is 0 Å². The smallest absolute Gasteiger partial charge is 0.0471 e. The van der Waals surface area contributed by atoms with Crippen molar-refractivity contribution in [3.63, 3.8) is 0 Å². The molecule has 88 valence electrons. The van der Waals surface area contributed by atoms with Gasteiger partial charge in [-0.25, -0.2) is 0 Å². The molecule has 2 rings (SSSR count). The van der Waals surface area contributed by atoms with Crippen LogP contribution in [0.4, 0.5) is 5.69 Å². The monoisotopic (exact) mass is 239 g/mol. The number of hydrogen-bond acceptors (Lipinski definition) is 3. The van der Waals surface area contributed by atoms with Gasteiger partial charge in [-0.2, -0.15) is 0 Å². The molecule has 0 fully saturated rings. The van der Waals surface area contributed by atoms with Crippen molar-refractivity contribution in [2.24, 2.45) is 0 Å². The fourth-order valence-electron chi connectivity index (χ4n) is 1.87. The maximum Gasteiger partial charge on any atom is 0.0471 e. The van der Waals surface area contributed by atoms with Crippen molar-refractivity contribution >= 4 is 17.3 Å². The van der Waals surface area contributed by atoms with Crippen LogP contribution in [0.1, 0.15) is 12.0 Å². The van der Waals surface area contributed by atoms with E-state index in [1.807, 2.05) is 12.1 Å². The van der Waals surface area contributed by atoms with Gasteiger partial charge in [0.05, 0.1) is 0 Å². The Labute approximate surface area is 102 Å². The minimum absolute atomic E-state index is 0.835. The summed E-state index contributed by atoms with van der Waals surface area (Å²) in [6, 6.07) is 6.02. The Morgan fingerprint density at radius 2 is 1.88 bits per heavy atom. The van der Waals surface area contributed by atoms with Crippen LogP contribution in [0, 0.1) is 0 Å². The summed E-state index contributed by atoms with van der Waals surface area (Å²) in [5.41, 5.74) is 2.31. The second-order valence-electron chi connectivity index (χ2n) is 3.97. The molecule has 3 N–H and O–H groups in total. The molecule has 0 amide bonds. The van der Waals surface area contributed by atoms with E-state index in [1.165, 1.54) is 5.56 Å². The van der Waals surface area contributed by atoms with Gasteiger partial charge >= 0.3 is 0 Å². The van der Waals surface area contributed by atoms with Gasteiger partial charge in [0.1, 0.15) is 0 Å². The highest BCUT2D eigenvalue weighted by molar-refractivity contribution is 6.31. The highest BCUT2D eigenvalue weighted by Gasteiger charge is 2.06. The Bertz CT molecular complexity index is 341. The van der Waals surface area contributed by atoms with Gasteiger partial charge in [0.15, 0.2) is 0 Å². The lowest BCUT2D eigenvalue weighted by Gasteiger charge is -2.13. The predicted molar refractivity (Wildman–Crippen MR) is 69.1 cm³/mol. The summed E-state index contributed by atoms with van der Waals surface area (Å²) in [5, 5.41) is 11.1. The molecule has 0 aromatic heterocycles. The quantitative estimate of drug-likeness (QED) is 0.647. The molecule has 1 heterocycles. The van der Waals surface area contributed by atoms with Crippen LogP contribution in [0.2, 0.25) is 5.02 Å². The fraction of sp³-hybridized carbons (Fsp3) is 0.500. The van der Waals surface area contributed by atoms with Crippen molar-refractivity contribution in [2.75, 3.05) is 31.5 Å². The van der Waals surface area contributed by atoms with Crippen molar-refractivity contribution in [2.45, 2.75) is 13.0 Å². The highest BCUT2D eigenvalue weighted by Crippen LogP contribution is 2.24. The van der Waals surface area contributed by atoms with Crippen LogP contribution in [-0.2, 0) is 6.54 Å². The van der Waals surface area contributed by atoms with E-state index in [0.717, 1.165) is 49.9 Å². The molecule has 1 aromatic carbocycles. The Morgan fingerprint density at radius 1 is 1.00 bits per heavy atom. The summed E-state index contributed by atoms with van der Waals surface area (Å²) in [6.07, 6.45) is 1.15. The molecule has 1 aromatic rings. The van der Waals surface area contributed by atoms with E-state index < -0.39 is 0 Å². The number of halogens is 1.